The number of anilines is 1. The number of imide groups is 1. The van der Waals surface area contributed by atoms with Gasteiger partial charge in [0.25, 0.3) is 0 Å². The van der Waals surface area contributed by atoms with Crippen LogP contribution in [0.25, 0.3) is 6.08 Å². The maximum atomic E-state index is 11.6. The molecule has 1 aliphatic heterocycles. The Kier molecular flexibility index (Phi) is 3.96. The van der Waals surface area contributed by atoms with Gasteiger partial charge in [-0.05, 0) is 12.5 Å². The number of hydrogen-bond acceptors (Lipinski definition) is 5. The molecule has 1 aromatic rings. The summed E-state index contributed by atoms with van der Waals surface area (Å²) >= 11 is 0. The van der Waals surface area contributed by atoms with E-state index in [1.165, 1.54) is 0 Å². The highest BCUT2D eigenvalue weighted by molar-refractivity contribution is 6.01. The van der Waals surface area contributed by atoms with Gasteiger partial charge >= 0.3 is 0 Å². The Morgan fingerprint density at radius 3 is 3.11 bits per heavy atom. The lowest BCUT2D eigenvalue weighted by molar-refractivity contribution is -0.133. The van der Waals surface area contributed by atoms with E-state index < -0.39 is 6.04 Å². The molecule has 1 saturated heterocycles. The second kappa shape index (κ2) is 5.66. The molecule has 1 atom stereocenters. The monoisotopic (exact) mass is 263 g/mol. The van der Waals surface area contributed by atoms with E-state index >= 15 is 0 Å². The molecule has 0 spiro atoms. The summed E-state index contributed by atoms with van der Waals surface area (Å²) in [6.07, 6.45) is 4.51. The third-order valence-corrected chi connectivity index (χ3v) is 2.90. The van der Waals surface area contributed by atoms with Gasteiger partial charge in [-0.1, -0.05) is 6.08 Å². The van der Waals surface area contributed by atoms with Gasteiger partial charge < -0.3 is 11.1 Å². The second-order valence-electron chi connectivity index (χ2n) is 4.36. The predicted octanol–water partition coefficient (Wildman–Crippen LogP) is -0.391. The van der Waals surface area contributed by atoms with Crippen LogP contribution in [0.15, 0.2) is 12.1 Å². The van der Waals surface area contributed by atoms with Gasteiger partial charge in [-0.2, -0.15) is 5.10 Å². The Bertz CT molecular complexity index is 520. The van der Waals surface area contributed by atoms with Crippen LogP contribution in [0.5, 0.6) is 0 Å². The molecule has 2 heterocycles. The van der Waals surface area contributed by atoms with Crippen LogP contribution in [0.1, 0.15) is 18.5 Å². The average Bonchev–Trinajstić information content (AvgIpc) is 2.71. The Balaban J connectivity index is 2.05. The van der Waals surface area contributed by atoms with Crippen LogP contribution in [0.2, 0.25) is 0 Å². The summed E-state index contributed by atoms with van der Waals surface area (Å²) in [6.45, 7) is 0.459. The second-order valence-corrected chi connectivity index (χ2v) is 4.36. The number of carbonyl (C=O) groups excluding carboxylic acids is 2. The summed E-state index contributed by atoms with van der Waals surface area (Å²) in [4.78, 5) is 22.7. The van der Waals surface area contributed by atoms with Crippen LogP contribution in [0.3, 0.4) is 0 Å². The van der Waals surface area contributed by atoms with E-state index in [1.807, 2.05) is 25.3 Å². The van der Waals surface area contributed by atoms with Gasteiger partial charge in [0.15, 0.2) is 0 Å². The molecular weight excluding hydrogens is 246 g/mol. The summed E-state index contributed by atoms with van der Waals surface area (Å²) in [7, 11) is 1.81. The van der Waals surface area contributed by atoms with E-state index in [1.54, 1.807) is 4.68 Å². The molecule has 0 saturated carbocycles. The quantitative estimate of drug-likeness (QED) is 0.642. The molecule has 0 radical (unpaired) electrons. The van der Waals surface area contributed by atoms with Crippen LogP contribution in [0.4, 0.5) is 5.82 Å². The van der Waals surface area contributed by atoms with Crippen molar-refractivity contribution in [3.05, 3.63) is 17.8 Å². The zero-order chi connectivity index (χ0) is 13.8. The molecule has 7 heteroatoms. The Morgan fingerprint density at radius 2 is 2.42 bits per heavy atom. The molecule has 1 unspecified atom stereocenters. The SMILES string of the molecule is Cn1nc(NC2CCC(=O)NC2=O)cc1/C=C/CN. The molecule has 19 heavy (non-hydrogen) atoms. The first-order valence-corrected chi connectivity index (χ1v) is 6.11. The first-order chi connectivity index (χ1) is 9.10. The normalized spacial score (nSPS) is 19.8. The fourth-order valence-electron chi connectivity index (χ4n) is 1.91. The molecular formula is C12H17N5O2. The summed E-state index contributed by atoms with van der Waals surface area (Å²) in [5, 5.41) is 9.59. The molecule has 2 rings (SSSR count). The van der Waals surface area contributed by atoms with E-state index in [9.17, 15) is 9.59 Å². The number of carbonyl (C=O) groups is 2. The summed E-state index contributed by atoms with van der Waals surface area (Å²) in [5.74, 6) is 0.0743. The van der Waals surface area contributed by atoms with Gasteiger partial charge in [-0.25, -0.2) is 0 Å². The zero-order valence-corrected chi connectivity index (χ0v) is 10.7. The predicted molar refractivity (Wildman–Crippen MR) is 71.1 cm³/mol. The molecule has 1 aromatic heterocycles. The highest BCUT2D eigenvalue weighted by Crippen LogP contribution is 2.14. The maximum Gasteiger partial charge on any atom is 0.249 e. The lowest BCUT2D eigenvalue weighted by Gasteiger charge is -2.21. The van der Waals surface area contributed by atoms with Crippen LogP contribution in [-0.2, 0) is 16.6 Å². The van der Waals surface area contributed by atoms with Gasteiger partial charge in [0.2, 0.25) is 11.8 Å². The van der Waals surface area contributed by atoms with Gasteiger partial charge in [-0.15, -0.1) is 0 Å². The van der Waals surface area contributed by atoms with Crippen LogP contribution in [0, 0.1) is 0 Å². The van der Waals surface area contributed by atoms with E-state index in [4.69, 9.17) is 5.73 Å². The van der Waals surface area contributed by atoms with Gasteiger partial charge in [0.1, 0.15) is 11.9 Å². The summed E-state index contributed by atoms with van der Waals surface area (Å²) < 4.78 is 1.69. The minimum absolute atomic E-state index is 0.226. The standard InChI is InChI=1S/C12H17N5O2/c1-17-8(3-2-6-13)7-10(16-17)14-9-4-5-11(18)15-12(9)19/h2-3,7,9H,4-6,13H2,1H3,(H,14,16)(H,15,18,19)/b3-2+. The summed E-state index contributed by atoms with van der Waals surface area (Å²) in [5.41, 5.74) is 6.29. The minimum atomic E-state index is -0.418. The summed E-state index contributed by atoms with van der Waals surface area (Å²) in [6, 6.07) is 1.41. The van der Waals surface area contributed by atoms with Crippen LogP contribution >= 0.6 is 0 Å². The smallest absolute Gasteiger partial charge is 0.249 e. The third kappa shape index (κ3) is 3.19. The van der Waals surface area contributed by atoms with E-state index in [2.05, 4.69) is 15.7 Å². The fourth-order valence-corrected chi connectivity index (χ4v) is 1.91. The molecule has 2 amide bonds. The molecule has 102 valence electrons. The van der Waals surface area contributed by atoms with Crippen molar-refractivity contribution in [1.82, 2.24) is 15.1 Å². The molecule has 0 aromatic carbocycles. The first kappa shape index (κ1) is 13.3. The molecule has 7 nitrogen and oxygen atoms in total. The lowest BCUT2D eigenvalue weighted by atomic mass is 10.1. The van der Waals surface area contributed by atoms with Crippen molar-refractivity contribution < 1.29 is 9.59 Å². The number of amides is 2. The van der Waals surface area contributed by atoms with Gasteiger partial charge in [0, 0.05) is 26.1 Å². The number of rotatable bonds is 4. The van der Waals surface area contributed by atoms with Crippen molar-refractivity contribution in [2.45, 2.75) is 18.9 Å². The van der Waals surface area contributed by atoms with E-state index in [0.29, 0.717) is 25.2 Å². The number of aromatic nitrogens is 2. The maximum absolute atomic E-state index is 11.6. The number of aryl methyl sites for hydroxylation is 1. The van der Waals surface area contributed by atoms with Gasteiger partial charge in [0.05, 0.1) is 5.69 Å². The van der Waals surface area contributed by atoms with E-state index in [0.717, 1.165) is 5.69 Å². The van der Waals surface area contributed by atoms with Crippen molar-refractivity contribution >= 4 is 23.7 Å². The highest BCUT2D eigenvalue weighted by atomic mass is 16.2. The molecule has 1 aliphatic rings. The molecule has 1 fully saturated rings. The minimum Gasteiger partial charge on any atom is -0.357 e. The van der Waals surface area contributed by atoms with Gasteiger partial charge in [-0.3, -0.25) is 19.6 Å². The van der Waals surface area contributed by atoms with Crippen molar-refractivity contribution in [2.75, 3.05) is 11.9 Å². The number of nitrogens with two attached hydrogens (primary N) is 1. The average molecular weight is 263 g/mol. The third-order valence-electron chi connectivity index (χ3n) is 2.90. The van der Waals surface area contributed by atoms with Crippen molar-refractivity contribution in [3.8, 4) is 0 Å². The highest BCUT2D eigenvalue weighted by Gasteiger charge is 2.26. The van der Waals surface area contributed by atoms with Crippen molar-refractivity contribution in [1.29, 1.82) is 0 Å². The first-order valence-electron chi connectivity index (χ1n) is 6.11. The number of nitrogens with zero attached hydrogens (tertiary/aromatic N) is 2. The van der Waals surface area contributed by atoms with Crippen LogP contribution in [-0.4, -0.2) is 34.2 Å². The molecule has 4 N–H and O–H groups in total. The Morgan fingerprint density at radius 1 is 1.63 bits per heavy atom. The Labute approximate surface area is 110 Å². The topological polar surface area (TPSA) is 102 Å². The van der Waals surface area contributed by atoms with Crippen LogP contribution < -0.4 is 16.4 Å². The Hall–Kier alpha value is -2.15. The largest absolute Gasteiger partial charge is 0.357 e. The lowest BCUT2D eigenvalue weighted by Crippen LogP contribution is -2.47. The molecule has 0 bridgehead atoms. The van der Waals surface area contributed by atoms with Crippen molar-refractivity contribution in [3.63, 3.8) is 0 Å². The number of piperidine rings is 1. The molecule has 0 aliphatic carbocycles. The number of hydrogen-bond donors (Lipinski definition) is 3. The van der Waals surface area contributed by atoms with Crippen molar-refractivity contribution in [2.24, 2.45) is 12.8 Å². The fraction of sp³-hybridized carbons (Fsp3) is 0.417. The van der Waals surface area contributed by atoms with E-state index in [-0.39, 0.29) is 11.8 Å². The zero-order valence-electron chi connectivity index (χ0n) is 10.7. The number of nitrogens with one attached hydrogen (secondary N) is 2.